The van der Waals surface area contributed by atoms with Gasteiger partial charge >= 0.3 is 0 Å². The van der Waals surface area contributed by atoms with Crippen molar-refractivity contribution in [2.45, 2.75) is 5.92 Å². The summed E-state index contributed by atoms with van der Waals surface area (Å²) in [5.41, 5.74) is 3.23. The van der Waals surface area contributed by atoms with Crippen LogP contribution in [0.25, 0.3) is 0 Å². The van der Waals surface area contributed by atoms with Crippen LogP contribution in [-0.2, 0) is 4.79 Å². The van der Waals surface area contributed by atoms with E-state index in [-0.39, 0.29) is 11.8 Å². The van der Waals surface area contributed by atoms with E-state index in [0.29, 0.717) is 6.54 Å². The number of rotatable bonds is 7. The van der Waals surface area contributed by atoms with Gasteiger partial charge in [-0.15, -0.1) is 0 Å². The summed E-state index contributed by atoms with van der Waals surface area (Å²) >= 11 is 0. The lowest BCUT2D eigenvalue weighted by Crippen LogP contribution is -2.40. The molecule has 0 saturated carbocycles. The number of carbonyl (C=O) groups excluding carboxylic acids is 1. The summed E-state index contributed by atoms with van der Waals surface area (Å²) in [6, 6.07) is 9.70. The fourth-order valence-corrected chi connectivity index (χ4v) is 1.83. The Hall–Kier alpha value is -1.43. The second-order valence-electron chi connectivity index (χ2n) is 4.34. The molecule has 1 unspecified atom stereocenters. The Bertz CT molecular complexity index is 355. The van der Waals surface area contributed by atoms with E-state index < -0.39 is 0 Å². The maximum absolute atomic E-state index is 11.8. The maximum Gasteiger partial charge on any atom is 0.242 e. The summed E-state index contributed by atoms with van der Waals surface area (Å²) in [7, 11) is 3.91. The van der Waals surface area contributed by atoms with Gasteiger partial charge in [-0.2, -0.15) is 0 Å². The van der Waals surface area contributed by atoms with Gasteiger partial charge in [-0.05, 0) is 19.7 Å². The lowest BCUT2D eigenvalue weighted by Gasteiger charge is -2.23. The van der Waals surface area contributed by atoms with Gasteiger partial charge < -0.3 is 10.2 Å². The lowest BCUT2D eigenvalue weighted by molar-refractivity contribution is -0.123. The summed E-state index contributed by atoms with van der Waals surface area (Å²) in [6.07, 6.45) is 0. The summed E-state index contributed by atoms with van der Waals surface area (Å²) in [6.45, 7) is 2.43. The molecule has 18 heavy (non-hydrogen) atoms. The minimum atomic E-state index is -0.238. The minimum absolute atomic E-state index is 0.155. The molecule has 0 aromatic heterocycles. The van der Waals surface area contributed by atoms with E-state index in [1.807, 2.05) is 44.4 Å². The number of nitrogens with zero attached hydrogens (tertiary/aromatic N) is 1. The molecular weight excluding hydrogens is 228 g/mol. The van der Waals surface area contributed by atoms with E-state index in [2.05, 4.69) is 15.6 Å². The normalized spacial score (nSPS) is 12.4. The predicted molar refractivity (Wildman–Crippen MR) is 72.9 cm³/mol. The standard InChI is InChI=1S/C13H22N4O/c1-15-8-9-17(2)10-12(13(18)16-14)11-6-4-3-5-7-11/h3-7,12,15H,8-10,14H2,1-2H3,(H,16,18). The molecule has 0 saturated heterocycles. The zero-order valence-corrected chi connectivity index (χ0v) is 11.0. The Morgan fingerprint density at radius 3 is 2.61 bits per heavy atom. The third kappa shape index (κ3) is 4.44. The molecule has 100 valence electrons. The third-order valence-electron chi connectivity index (χ3n) is 2.90. The fraction of sp³-hybridized carbons (Fsp3) is 0.462. The van der Waals surface area contributed by atoms with Crippen LogP contribution in [-0.4, -0.2) is 44.5 Å². The van der Waals surface area contributed by atoms with Gasteiger partial charge in [0, 0.05) is 19.6 Å². The molecule has 0 heterocycles. The van der Waals surface area contributed by atoms with Crippen LogP contribution < -0.4 is 16.6 Å². The third-order valence-corrected chi connectivity index (χ3v) is 2.90. The molecular formula is C13H22N4O. The van der Waals surface area contributed by atoms with E-state index in [9.17, 15) is 4.79 Å². The minimum Gasteiger partial charge on any atom is -0.318 e. The van der Waals surface area contributed by atoms with Crippen molar-refractivity contribution in [2.75, 3.05) is 33.7 Å². The fourth-order valence-electron chi connectivity index (χ4n) is 1.83. The van der Waals surface area contributed by atoms with Crippen LogP contribution in [0.15, 0.2) is 30.3 Å². The highest BCUT2D eigenvalue weighted by Crippen LogP contribution is 2.16. The smallest absolute Gasteiger partial charge is 0.242 e. The Balaban J connectivity index is 2.71. The number of amides is 1. The molecule has 1 rings (SSSR count). The van der Waals surface area contributed by atoms with Crippen molar-refractivity contribution in [3.8, 4) is 0 Å². The number of hydrazine groups is 1. The number of hydrogen-bond donors (Lipinski definition) is 3. The molecule has 0 radical (unpaired) electrons. The molecule has 0 bridgehead atoms. The van der Waals surface area contributed by atoms with Gasteiger partial charge in [0.2, 0.25) is 5.91 Å². The predicted octanol–water partition coefficient (Wildman–Crippen LogP) is -0.0887. The second-order valence-corrected chi connectivity index (χ2v) is 4.34. The average molecular weight is 250 g/mol. The molecule has 5 heteroatoms. The monoisotopic (exact) mass is 250 g/mol. The van der Waals surface area contributed by atoms with Gasteiger partial charge in [-0.1, -0.05) is 30.3 Å². The summed E-state index contributed by atoms with van der Waals surface area (Å²) < 4.78 is 0. The van der Waals surface area contributed by atoms with Gasteiger partial charge in [0.25, 0.3) is 0 Å². The van der Waals surface area contributed by atoms with Crippen LogP contribution in [0.1, 0.15) is 11.5 Å². The molecule has 0 aliphatic heterocycles. The molecule has 4 N–H and O–H groups in total. The van der Waals surface area contributed by atoms with Crippen LogP contribution in [0.5, 0.6) is 0 Å². The summed E-state index contributed by atoms with van der Waals surface area (Å²) in [5.74, 6) is 4.86. The Morgan fingerprint density at radius 1 is 1.39 bits per heavy atom. The van der Waals surface area contributed by atoms with Gasteiger partial charge in [-0.3, -0.25) is 10.2 Å². The molecule has 1 atom stereocenters. The SMILES string of the molecule is CNCCN(C)CC(C(=O)NN)c1ccccc1. The van der Waals surface area contributed by atoms with Crippen molar-refractivity contribution >= 4 is 5.91 Å². The van der Waals surface area contributed by atoms with Crippen LogP contribution >= 0.6 is 0 Å². The van der Waals surface area contributed by atoms with Gasteiger partial charge in [0.15, 0.2) is 0 Å². The number of nitrogens with two attached hydrogens (primary N) is 1. The van der Waals surface area contributed by atoms with Gasteiger partial charge in [-0.25, -0.2) is 5.84 Å². The largest absolute Gasteiger partial charge is 0.318 e. The molecule has 0 aliphatic carbocycles. The molecule has 0 spiro atoms. The van der Waals surface area contributed by atoms with Crippen molar-refractivity contribution in [2.24, 2.45) is 5.84 Å². The first-order chi connectivity index (χ1) is 8.69. The van der Waals surface area contributed by atoms with E-state index in [0.717, 1.165) is 18.7 Å². The van der Waals surface area contributed by atoms with Crippen LogP contribution in [0.2, 0.25) is 0 Å². The maximum atomic E-state index is 11.8. The van der Waals surface area contributed by atoms with E-state index in [1.54, 1.807) is 0 Å². The number of nitrogens with one attached hydrogen (secondary N) is 2. The van der Waals surface area contributed by atoms with E-state index in [4.69, 9.17) is 5.84 Å². The lowest BCUT2D eigenvalue weighted by atomic mass is 9.98. The van der Waals surface area contributed by atoms with Crippen molar-refractivity contribution in [3.05, 3.63) is 35.9 Å². The first kappa shape index (κ1) is 14.6. The summed E-state index contributed by atoms with van der Waals surface area (Å²) in [4.78, 5) is 14.0. The zero-order chi connectivity index (χ0) is 13.4. The van der Waals surface area contributed by atoms with Crippen molar-refractivity contribution in [1.29, 1.82) is 0 Å². The average Bonchev–Trinajstić information content (AvgIpc) is 2.42. The van der Waals surface area contributed by atoms with E-state index >= 15 is 0 Å². The van der Waals surface area contributed by atoms with Gasteiger partial charge in [0.1, 0.15) is 0 Å². The van der Waals surface area contributed by atoms with Crippen LogP contribution in [0, 0.1) is 0 Å². The van der Waals surface area contributed by atoms with Gasteiger partial charge in [0.05, 0.1) is 5.92 Å². The van der Waals surface area contributed by atoms with Crippen molar-refractivity contribution < 1.29 is 4.79 Å². The highest BCUT2D eigenvalue weighted by atomic mass is 16.2. The quantitative estimate of drug-likeness (QED) is 0.359. The van der Waals surface area contributed by atoms with E-state index in [1.165, 1.54) is 0 Å². The Kier molecular flexibility index (Phi) is 6.35. The first-order valence-corrected chi connectivity index (χ1v) is 6.07. The summed E-state index contributed by atoms with van der Waals surface area (Å²) in [5, 5.41) is 3.09. The second kappa shape index (κ2) is 7.81. The first-order valence-electron chi connectivity index (χ1n) is 6.07. The molecule has 0 aliphatic rings. The molecule has 1 amide bonds. The zero-order valence-electron chi connectivity index (χ0n) is 11.0. The molecule has 1 aromatic rings. The van der Waals surface area contributed by atoms with Crippen molar-refractivity contribution in [1.82, 2.24) is 15.6 Å². The van der Waals surface area contributed by atoms with Crippen LogP contribution in [0.3, 0.4) is 0 Å². The number of benzene rings is 1. The highest BCUT2D eigenvalue weighted by Gasteiger charge is 2.21. The molecule has 1 aromatic carbocycles. The number of carbonyl (C=O) groups is 1. The Labute approximate surface area is 108 Å². The number of likely N-dealkylation sites (N-methyl/N-ethyl adjacent to an activating group) is 2. The topological polar surface area (TPSA) is 70.4 Å². The molecule has 0 fully saturated rings. The van der Waals surface area contributed by atoms with Crippen LogP contribution in [0.4, 0.5) is 0 Å². The Morgan fingerprint density at radius 2 is 2.06 bits per heavy atom. The number of hydrogen-bond acceptors (Lipinski definition) is 4. The molecule has 5 nitrogen and oxygen atoms in total. The van der Waals surface area contributed by atoms with Crippen molar-refractivity contribution in [3.63, 3.8) is 0 Å². The highest BCUT2D eigenvalue weighted by molar-refractivity contribution is 5.83.